The highest BCUT2D eigenvalue weighted by atomic mass is 16.5. The molecular formula is C15H29NO2. The highest BCUT2D eigenvalue weighted by Crippen LogP contribution is 2.07. The third-order valence-corrected chi connectivity index (χ3v) is 2.83. The normalized spacial score (nSPS) is 10.7. The lowest BCUT2D eigenvalue weighted by molar-refractivity contribution is -0.139. The first-order valence-corrected chi connectivity index (χ1v) is 7.01. The number of ether oxygens (including phenoxy) is 1. The van der Waals surface area contributed by atoms with Gasteiger partial charge >= 0.3 is 5.97 Å². The number of unbranched alkanes of at least 4 members (excludes halogenated alkanes) is 6. The van der Waals surface area contributed by atoms with Crippen LogP contribution in [0.4, 0.5) is 0 Å². The first-order chi connectivity index (χ1) is 8.54. The Balaban J connectivity index is 3.12. The van der Waals surface area contributed by atoms with Crippen LogP contribution in [0.3, 0.4) is 0 Å². The molecule has 0 aliphatic heterocycles. The fourth-order valence-electron chi connectivity index (χ4n) is 1.70. The monoisotopic (exact) mass is 255 g/mol. The van der Waals surface area contributed by atoms with Gasteiger partial charge in [0.2, 0.25) is 0 Å². The van der Waals surface area contributed by atoms with Crippen molar-refractivity contribution in [3.8, 4) is 0 Å². The summed E-state index contributed by atoms with van der Waals surface area (Å²) in [4.78, 5) is 13.3. The maximum absolute atomic E-state index is 11.1. The standard InChI is InChI=1S/C15H29NO2/c1-14(2)15(17)18-13-11-9-7-5-6-8-10-12-16(3)4/h1,5-13H2,2-4H3. The van der Waals surface area contributed by atoms with Crippen molar-refractivity contribution in [2.24, 2.45) is 0 Å². The van der Waals surface area contributed by atoms with E-state index in [0.29, 0.717) is 12.2 Å². The topological polar surface area (TPSA) is 29.5 Å². The van der Waals surface area contributed by atoms with E-state index in [-0.39, 0.29) is 5.97 Å². The van der Waals surface area contributed by atoms with Crippen LogP contribution in [0.25, 0.3) is 0 Å². The van der Waals surface area contributed by atoms with Crippen molar-refractivity contribution < 1.29 is 9.53 Å². The lowest BCUT2D eigenvalue weighted by Crippen LogP contribution is -2.12. The van der Waals surface area contributed by atoms with Crippen LogP contribution in [0.1, 0.15) is 51.9 Å². The summed E-state index contributed by atoms with van der Waals surface area (Å²) < 4.78 is 5.03. The Hall–Kier alpha value is -0.830. The minimum atomic E-state index is -0.265. The Morgan fingerprint density at radius 1 is 1.00 bits per heavy atom. The Bertz CT molecular complexity index is 237. The molecule has 0 heterocycles. The summed E-state index contributed by atoms with van der Waals surface area (Å²) in [5.41, 5.74) is 0.482. The second-order valence-corrected chi connectivity index (χ2v) is 5.19. The van der Waals surface area contributed by atoms with Crippen molar-refractivity contribution in [2.75, 3.05) is 27.2 Å². The van der Waals surface area contributed by atoms with E-state index in [9.17, 15) is 4.79 Å². The molecule has 106 valence electrons. The van der Waals surface area contributed by atoms with Gasteiger partial charge in [0.05, 0.1) is 6.61 Å². The number of hydrogen-bond acceptors (Lipinski definition) is 3. The third kappa shape index (κ3) is 11.6. The lowest BCUT2D eigenvalue weighted by atomic mass is 10.1. The molecular weight excluding hydrogens is 226 g/mol. The van der Waals surface area contributed by atoms with E-state index >= 15 is 0 Å². The van der Waals surface area contributed by atoms with Crippen molar-refractivity contribution >= 4 is 5.97 Å². The van der Waals surface area contributed by atoms with Crippen LogP contribution in [0.15, 0.2) is 12.2 Å². The molecule has 0 saturated carbocycles. The zero-order valence-corrected chi connectivity index (χ0v) is 12.3. The maximum Gasteiger partial charge on any atom is 0.333 e. The Labute approximate surface area is 112 Å². The van der Waals surface area contributed by atoms with Crippen LogP contribution in [0.2, 0.25) is 0 Å². The van der Waals surface area contributed by atoms with Gasteiger partial charge in [0.25, 0.3) is 0 Å². The molecule has 0 spiro atoms. The summed E-state index contributed by atoms with van der Waals surface area (Å²) in [5, 5.41) is 0. The lowest BCUT2D eigenvalue weighted by Gasteiger charge is -2.08. The van der Waals surface area contributed by atoms with Gasteiger partial charge in [-0.3, -0.25) is 0 Å². The van der Waals surface area contributed by atoms with Gasteiger partial charge in [-0.05, 0) is 40.4 Å². The molecule has 0 amide bonds. The second-order valence-electron chi connectivity index (χ2n) is 5.19. The zero-order chi connectivity index (χ0) is 13.8. The molecule has 0 aromatic heterocycles. The van der Waals surface area contributed by atoms with Gasteiger partial charge in [0.15, 0.2) is 0 Å². The molecule has 0 atom stereocenters. The van der Waals surface area contributed by atoms with Gasteiger partial charge in [0.1, 0.15) is 0 Å². The first kappa shape index (κ1) is 17.2. The van der Waals surface area contributed by atoms with Gasteiger partial charge in [-0.15, -0.1) is 0 Å². The molecule has 0 bridgehead atoms. The Morgan fingerprint density at radius 2 is 1.50 bits per heavy atom. The van der Waals surface area contributed by atoms with Crippen molar-refractivity contribution in [1.29, 1.82) is 0 Å². The number of carbonyl (C=O) groups excluding carboxylic acids is 1. The van der Waals surface area contributed by atoms with Crippen LogP contribution in [0, 0.1) is 0 Å². The predicted molar refractivity (Wildman–Crippen MR) is 76.6 cm³/mol. The molecule has 0 saturated heterocycles. The minimum absolute atomic E-state index is 0.265. The summed E-state index contributed by atoms with van der Waals surface area (Å²) in [5.74, 6) is -0.265. The maximum atomic E-state index is 11.1. The van der Waals surface area contributed by atoms with Gasteiger partial charge in [0, 0.05) is 5.57 Å². The van der Waals surface area contributed by atoms with Crippen LogP contribution < -0.4 is 0 Å². The summed E-state index contributed by atoms with van der Waals surface area (Å²) in [6.07, 6.45) is 8.59. The van der Waals surface area contributed by atoms with Gasteiger partial charge < -0.3 is 9.64 Å². The molecule has 0 rings (SSSR count). The molecule has 0 aromatic carbocycles. The Kier molecular flexibility index (Phi) is 10.8. The van der Waals surface area contributed by atoms with Gasteiger partial charge in [-0.1, -0.05) is 38.7 Å². The molecule has 0 fully saturated rings. The largest absolute Gasteiger partial charge is 0.462 e. The van der Waals surface area contributed by atoms with Crippen LogP contribution in [-0.4, -0.2) is 38.1 Å². The molecule has 3 heteroatoms. The van der Waals surface area contributed by atoms with Crippen molar-refractivity contribution in [2.45, 2.75) is 51.9 Å². The number of rotatable bonds is 11. The second kappa shape index (κ2) is 11.3. The molecule has 0 radical (unpaired) electrons. The number of nitrogens with zero attached hydrogens (tertiary/aromatic N) is 1. The molecule has 18 heavy (non-hydrogen) atoms. The summed E-state index contributed by atoms with van der Waals surface area (Å²) in [6, 6.07) is 0. The van der Waals surface area contributed by atoms with Crippen molar-refractivity contribution in [3.05, 3.63) is 12.2 Å². The van der Waals surface area contributed by atoms with Gasteiger partial charge in [-0.2, -0.15) is 0 Å². The van der Waals surface area contributed by atoms with Crippen molar-refractivity contribution in [1.82, 2.24) is 4.90 Å². The smallest absolute Gasteiger partial charge is 0.333 e. The SMILES string of the molecule is C=C(C)C(=O)OCCCCCCCCCN(C)C. The fourth-order valence-corrected chi connectivity index (χ4v) is 1.70. The van der Waals surface area contributed by atoms with Crippen LogP contribution in [-0.2, 0) is 9.53 Å². The molecule has 0 aliphatic rings. The van der Waals surface area contributed by atoms with Crippen molar-refractivity contribution in [3.63, 3.8) is 0 Å². The number of hydrogen-bond donors (Lipinski definition) is 0. The van der Waals surface area contributed by atoms with E-state index in [1.807, 2.05) is 0 Å². The average Bonchev–Trinajstić information content (AvgIpc) is 2.30. The third-order valence-electron chi connectivity index (χ3n) is 2.83. The summed E-state index contributed by atoms with van der Waals surface area (Å²) in [6.45, 7) is 6.95. The molecule has 0 unspecified atom stereocenters. The van der Waals surface area contributed by atoms with Crippen LogP contribution >= 0.6 is 0 Å². The molecule has 0 aromatic rings. The molecule has 0 aliphatic carbocycles. The van der Waals surface area contributed by atoms with E-state index in [1.54, 1.807) is 6.92 Å². The van der Waals surface area contributed by atoms with E-state index in [4.69, 9.17) is 4.74 Å². The van der Waals surface area contributed by atoms with E-state index in [2.05, 4.69) is 25.6 Å². The van der Waals surface area contributed by atoms with E-state index in [1.165, 1.54) is 38.6 Å². The minimum Gasteiger partial charge on any atom is -0.462 e. The fraction of sp³-hybridized carbons (Fsp3) is 0.800. The molecule has 3 nitrogen and oxygen atoms in total. The Morgan fingerprint density at radius 3 is 2.00 bits per heavy atom. The number of carbonyl (C=O) groups is 1. The number of esters is 1. The predicted octanol–water partition coefficient (Wildman–Crippen LogP) is 3.40. The highest BCUT2D eigenvalue weighted by molar-refractivity contribution is 5.86. The average molecular weight is 255 g/mol. The van der Waals surface area contributed by atoms with Crippen LogP contribution in [0.5, 0.6) is 0 Å². The quantitative estimate of drug-likeness (QED) is 0.322. The van der Waals surface area contributed by atoms with E-state index in [0.717, 1.165) is 12.8 Å². The zero-order valence-electron chi connectivity index (χ0n) is 12.3. The highest BCUT2D eigenvalue weighted by Gasteiger charge is 2.01. The van der Waals surface area contributed by atoms with Gasteiger partial charge in [-0.25, -0.2) is 4.79 Å². The first-order valence-electron chi connectivity index (χ1n) is 7.01. The molecule has 0 N–H and O–H groups in total. The summed E-state index contributed by atoms with van der Waals surface area (Å²) >= 11 is 0. The summed E-state index contributed by atoms with van der Waals surface area (Å²) in [7, 11) is 4.23. The van der Waals surface area contributed by atoms with E-state index < -0.39 is 0 Å².